The van der Waals surface area contributed by atoms with Gasteiger partial charge in [0.15, 0.2) is 0 Å². The third kappa shape index (κ3) is 6.67. The van der Waals surface area contributed by atoms with E-state index in [4.69, 9.17) is 8.83 Å². The molecule has 314 valence electrons. The lowest BCUT2D eigenvalue weighted by Gasteiger charge is -2.28. The summed E-state index contributed by atoms with van der Waals surface area (Å²) >= 11 is 0. The van der Waals surface area contributed by atoms with E-state index in [2.05, 4.69) is 241 Å². The summed E-state index contributed by atoms with van der Waals surface area (Å²) in [5.74, 6) is 0. The summed E-state index contributed by atoms with van der Waals surface area (Å²) in [5.41, 5.74) is 18.3. The predicted molar refractivity (Wildman–Crippen MR) is 280 cm³/mol. The van der Waals surface area contributed by atoms with Crippen LogP contribution in [0.25, 0.3) is 110 Å². The Labute approximate surface area is 388 Å². The maximum atomic E-state index is 6.70. The fourth-order valence-corrected chi connectivity index (χ4v) is 10.1. The Bertz CT molecular complexity index is 3960. The van der Waals surface area contributed by atoms with Crippen LogP contribution in [0.15, 0.2) is 258 Å². The molecule has 13 rings (SSSR count). The van der Waals surface area contributed by atoms with Gasteiger partial charge in [-0.1, -0.05) is 182 Å². The molecule has 0 aliphatic carbocycles. The predicted octanol–water partition coefficient (Wildman–Crippen LogP) is 18.4. The summed E-state index contributed by atoms with van der Waals surface area (Å²) in [4.78, 5) is 2.38. The van der Waals surface area contributed by atoms with Crippen molar-refractivity contribution in [2.45, 2.75) is 0 Å². The molecule has 11 aromatic carbocycles. The maximum absolute atomic E-state index is 6.70. The quantitative estimate of drug-likeness (QED) is 0.152. The molecule has 0 N–H and O–H groups in total. The van der Waals surface area contributed by atoms with E-state index in [-0.39, 0.29) is 0 Å². The second kappa shape index (κ2) is 16.0. The molecule has 0 radical (unpaired) electrons. The van der Waals surface area contributed by atoms with Gasteiger partial charge in [0.25, 0.3) is 0 Å². The van der Waals surface area contributed by atoms with Crippen molar-refractivity contribution in [3.8, 4) is 55.6 Å². The molecule has 0 aliphatic heterocycles. The summed E-state index contributed by atoms with van der Waals surface area (Å²) in [6.07, 6.45) is 0. The van der Waals surface area contributed by atoms with Gasteiger partial charge in [-0.25, -0.2) is 0 Å². The molecular formula is C64H41NO2. The van der Waals surface area contributed by atoms with Crippen LogP contribution in [0.2, 0.25) is 0 Å². The van der Waals surface area contributed by atoms with Crippen molar-refractivity contribution in [1.82, 2.24) is 0 Å². The second-order valence-corrected chi connectivity index (χ2v) is 17.2. The summed E-state index contributed by atoms with van der Waals surface area (Å²) in [6.45, 7) is 0. The van der Waals surface area contributed by atoms with E-state index in [0.29, 0.717) is 0 Å². The van der Waals surface area contributed by atoms with Crippen molar-refractivity contribution in [3.63, 3.8) is 0 Å². The van der Waals surface area contributed by atoms with Crippen molar-refractivity contribution in [2.75, 3.05) is 4.90 Å². The largest absolute Gasteiger partial charge is 0.456 e. The van der Waals surface area contributed by atoms with E-state index in [9.17, 15) is 0 Å². The van der Waals surface area contributed by atoms with E-state index >= 15 is 0 Å². The molecule has 0 atom stereocenters. The van der Waals surface area contributed by atoms with Crippen LogP contribution in [-0.4, -0.2) is 0 Å². The highest BCUT2D eigenvalue weighted by molar-refractivity contribution is 6.20. The first-order valence-corrected chi connectivity index (χ1v) is 22.8. The first kappa shape index (κ1) is 38.5. The Kier molecular flexibility index (Phi) is 9.17. The highest BCUT2D eigenvalue weighted by Crippen LogP contribution is 2.46. The summed E-state index contributed by atoms with van der Waals surface area (Å²) in [6, 6.07) is 88.9. The SMILES string of the molecule is c1ccc(-c2ccc(-c3ccc(N(c4ccc(-c5ccc6c(c5)oc5ccccc56)cc4)c4ccccc4-c4cccc5oc6c7ccccc7ccc6c45)cc3)cc2-c2ccccc2)cc1. The number of furan rings is 2. The number of rotatable bonds is 8. The van der Waals surface area contributed by atoms with E-state index in [1.807, 2.05) is 12.1 Å². The van der Waals surface area contributed by atoms with Crippen LogP contribution < -0.4 is 4.90 Å². The van der Waals surface area contributed by atoms with Crippen LogP contribution in [0.1, 0.15) is 0 Å². The molecule has 0 spiro atoms. The molecule has 0 amide bonds. The van der Waals surface area contributed by atoms with E-state index in [1.165, 1.54) is 22.3 Å². The molecular weight excluding hydrogens is 815 g/mol. The van der Waals surface area contributed by atoms with Gasteiger partial charge in [0, 0.05) is 43.9 Å². The lowest BCUT2D eigenvalue weighted by atomic mass is 9.91. The average Bonchev–Trinajstić information content (AvgIpc) is 3.98. The number of nitrogens with zero attached hydrogens (tertiary/aromatic N) is 1. The van der Waals surface area contributed by atoms with Crippen molar-refractivity contribution >= 4 is 71.7 Å². The van der Waals surface area contributed by atoms with Crippen LogP contribution in [-0.2, 0) is 0 Å². The lowest BCUT2D eigenvalue weighted by Crippen LogP contribution is -2.11. The molecule has 0 bridgehead atoms. The number of para-hydroxylation sites is 2. The molecule has 3 nitrogen and oxygen atoms in total. The lowest BCUT2D eigenvalue weighted by molar-refractivity contribution is 0.669. The fourth-order valence-electron chi connectivity index (χ4n) is 10.1. The molecule has 2 aromatic heterocycles. The minimum absolute atomic E-state index is 0.869. The Hall–Kier alpha value is -8.92. The van der Waals surface area contributed by atoms with Crippen LogP contribution >= 0.6 is 0 Å². The minimum atomic E-state index is 0.869. The molecule has 0 saturated carbocycles. The highest BCUT2D eigenvalue weighted by atomic mass is 16.3. The van der Waals surface area contributed by atoms with Crippen LogP contribution in [0.4, 0.5) is 17.1 Å². The van der Waals surface area contributed by atoms with Crippen LogP contribution in [0, 0.1) is 0 Å². The zero-order valence-electron chi connectivity index (χ0n) is 36.4. The highest BCUT2D eigenvalue weighted by Gasteiger charge is 2.22. The molecule has 0 fully saturated rings. The third-order valence-electron chi connectivity index (χ3n) is 13.3. The first-order chi connectivity index (χ1) is 33.2. The van der Waals surface area contributed by atoms with Gasteiger partial charge in [0.05, 0.1) is 5.69 Å². The molecule has 13 aromatic rings. The standard InChI is InChI=1S/C64H41NO2/c1-3-14-44(15-4-1)51-37-31-47(40-58(51)45-16-5-2-6-17-45)42-26-33-49(34-27-42)65(50-35-28-43(29-36-50)48-32-38-55-54-21-10-12-24-60(54)66-62(55)41-48)59-23-11-9-20-53(59)56-22-13-25-61-63(56)57-39-30-46-18-7-8-19-52(46)64(57)67-61/h1-41H. The van der Waals surface area contributed by atoms with Crippen molar-refractivity contribution in [2.24, 2.45) is 0 Å². The van der Waals surface area contributed by atoms with E-state index in [0.717, 1.165) is 105 Å². The van der Waals surface area contributed by atoms with Crippen molar-refractivity contribution in [3.05, 3.63) is 249 Å². The van der Waals surface area contributed by atoms with E-state index < -0.39 is 0 Å². The van der Waals surface area contributed by atoms with Gasteiger partial charge >= 0.3 is 0 Å². The summed E-state index contributed by atoms with van der Waals surface area (Å²) < 4.78 is 13.0. The van der Waals surface area contributed by atoms with Gasteiger partial charge in [0.1, 0.15) is 22.3 Å². The maximum Gasteiger partial charge on any atom is 0.143 e. The summed E-state index contributed by atoms with van der Waals surface area (Å²) in [7, 11) is 0. The summed E-state index contributed by atoms with van der Waals surface area (Å²) in [5, 5.41) is 6.74. The van der Waals surface area contributed by atoms with Gasteiger partial charge in [0.2, 0.25) is 0 Å². The zero-order chi connectivity index (χ0) is 44.3. The fraction of sp³-hybridized carbons (Fsp3) is 0. The van der Waals surface area contributed by atoms with Crippen LogP contribution in [0.5, 0.6) is 0 Å². The Morgan fingerprint density at radius 3 is 1.58 bits per heavy atom. The Morgan fingerprint density at radius 1 is 0.269 bits per heavy atom. The molecule has 0 aliphatic rings. The van der Waals surface area contributed by atoms with Gasteiger partial charge in [-0.2, -0.15) is 0 Å². The monoisotopic (exact) mass is 855 g/mol. The minimum Gasteiger partial charge on any atom is -0.456 e. The molecule has 3 heteroatoms. The van der Waals surface area contributed by atoms with Crippen molar-refractivity contribution < 1.29 is 8.83 Å². The number of benzene rings is 11. The average molecular weight is 856 g/mol. The molecule has 2 heterocycles. The van der Waals surface area contributed by atoms with Crippen LogP contribution in [0.3, 0.4) is 0 Å². The van der Waals surface area contributed by atoms with Gasteiger partial charge < -0.3 is 13.7 Å². The first-order valence-electron chi connectivity index (χ1n) is 22.8. The molecule has 0 unspecified atom stereocenters. The smallest absolute Gasteiger partial charge is 0.143 e. The zero-order valence-corrected chi connectivity index (χ0v) is 36.4. The van der Waals surface area contributed by atoms with Gasteiger partial charge in [-0.05, 0) is 122 Å². The second-order valence-electron chi connectivity index (χ2n) is 17.2. The third-order valence-corrected chi connectivity index (χ3v) is 13.3. The topological polar surface area (TPSA) is 29.5 Å². The van der Waals surface area contributed by atoms with Crippen molar-refractivity contribution in [1.29, 1.82) is 0 Å². The Morgan fingerprint density at radius 2 is 0.821 bits per heavy atom. The van der Waals surface area contributed by atoms with Gasteiger partial charge in [-0.15, -0.1) is 0 Å². The molecule has 67 heavy (non-hydrogen) atoms. The number of hydrogen-bond donors (Lipinski definition) is 0. The van der Waals surface area contributed by atoms with Gasteiger partial charge in [-0.3, -0.25) is 0 Å². The Balaban J connectivity index is 0.948. The number of anilines is 3. The number of fused-ring (bicyclic) bond motifs is 8. The normalized spacial score (nSPS) is 11.6. The van der Waals surface area contributed by atoms with E-state index in [1.54, 1.807) is 0 Å². The molecule has 0 saturated heterocycles. The number of hydrogen-bond acceptors (Lipinski definition) is 3.